The van der Waals surface area contributed by atoms with Gasteiger partial charge in [0.25, 0.3) is 5.91 Å². The maximum atomic E-state index is 12.7. The van der Waals surface area contributed by atoms with Gasteiger partial charge in [-0.15, -0.1) is 0 Å². The molecule has 3 aliphatic rings. The fourth-order valence-electron chi connectivity index (χ4n) is 3.83. The highest BCUT2D eigenvalue weighted by atomic mass is 16.2. The van der Waals surface area contributed by atoms with Crippen molar-refractivity contribution in [3.63, 3.8) is 0 Å². The van der Waals surface area contributed by atoms with E-state index in [1.165, 1.54) is 0 Å². The second kappa shape index (κ2) is 4.84. The zero-order valence-electron chi connectivity index (χ0n) is 11.8. The molecule has 3 atom stereocenters. The number of nitrogens with zero attached hydrogens (tertiary/aromatic N) is 1. The van der Waals surface area contributed by atoms with Gasteiger partial charge in [-0.25, -0.2) is 0 Å². The predicted molar refractivity (Wildman–Crippen MR) is 77.8 cm³/mol. The summed E-state index contributed by atoms with van der Waals surface area (Å²) in [5.74, 6) is 1.12. The van der Waals surface area contributed by atoms with Gasteiger partial charge in [0.1, 0.15) is 6.04 Å². The maximum Gasteiger partial charge on any atom is 0.252 e. The number of likely N-dealkylation sites (tertiary alicyclic amines) is 1. The number of rotatable bonds is 1. The molecule has 0 aliphatic carbocycles. The van der Waals surface area contributed by atoms with Gasteiger partial charge in [-0.3, -0.25) is 9.59 Å². The second-order valence-corrected chi connectivity index (χ2v) is 6.31. The van der Waals surface area contributed by atoms with Crippen molar-refractivity contribution in [1.82, 2.24) is 15.5 Å². The Bertz CT molecular complexity index is 589. The SMILES string of the molecule is O=C1N[C@@H](C(=O)N2C[C@H]3CNC[C@H]3C2)Cc2ccccc21. The van der Waals surface area contributed by atoms with E-state index in [0.717, 1.165) is 31.7 Å². The maximum absolute atomic E-state index is 12.7. The molecular formula is C16H19N3O2. The summed E-state index contributed by atoms with van der Waals surface area (Å²) in [7, 11) is 0. The van der Waals surface area contributed by atoms with Crippen molar-refractivity contribution in [3.8, 4) is 0 Å². The Kier molecular flexibility index (Phi) is 2.96. The largest absolute Gasteiger partial charge is 0.340 e. The van der Waals surface area contributed by atoms with E-state index in [2.05, 4.69) is 10.6 Å². The minimum absolute atomic E-state index is 0.0762. The predicted octanol–water partition coefficient (Wildman–Crippen LogP) is 0.0189. The molecule has 5 nitrogen and oxygen atoms in total. The Morgan fingerprint density at radius 3 is 2.62 bits per heavy atom. The van der Waals surface area contributed by atoms with Crippen LogP contribution in [0.25, 0.3) is 0 Å². The first-order valence-electron chi connectivity index (χ1n) is 7.60. The lowest BCUT2D eigenvalue weighted by Crippen LogP contribution is -2.52. The number of carbonyl (C=O) groups excluding carboxylic acids is 2. The van der Waals surface area contributed by atoms with Crippen LogP contribution in [0.5, 0.6) is 0 Å². The van der Waals surface area contributed by atoms with Crippen LogP contribution in [-0.4, -0.2) is 48.9 Å². The first kappa shape index (κ1) is 12.8. The van der Waals surface area contributed by atoms with Crippen molar-refractivity contribution in [2.75, 3.05) is 26.2 Å². The molecule has 2 N–H and O–H groups in total. The molecule has 3 heterocycles. The van der Waals surface area contributed by atoms with Crippen LogP contribution in [0.3, 0.4) is 0 Å². The Balaban J connectivity index is 1.50. The summed E-state index contributed by atoms with van der Waals surface area (Å²) in [6.45, 7) is 3.66. The Morgan fingerprint density at radius 1 is 1.14 bits per heavy atom. The monoisotopic (exact) mass is 285 g/mol. The van der Waals surface area contributed by atoms with Crippen LogP contribution >= 0.6 is 0 Å². The number of hydrogen-bond donors (Lipinski definition) is 2. The van der Waals surface area contributed by atoms with Gasteiger partial charge >= 0.3 is 0 Å². The van der Waals surface area contributed by atoms with E-state index in [9.17, 15) is 9.59 Å². The average molecular weight is 285 g/mol. The van der Waals surface area contributed by atoms with Crippen molar-refractivity contribution in [3.05, 3.63) is 35.4 Å². The lowest BCUT2D eigenvalue weighted by Gasteiger charge is -2.28. The van der Waals surface area contributed by atoms with Crippen molar-refractivity contribution in [1.29, 1.82) is 0 Å². The van der Waals surface area contributed by atoms with E-state index in [1.54, 1.807) is 0 Å². The molecule has 1 aromatic carbocycles. The van der Waals surface area contributed by atoms with Crippen molar-refractivity contribution >= 4 is 11.8 Å². The zero-order chi connectivity index (χ0) is 14.4. The number of carbonyl (C=O) groups is 2. The van der Waals surface area contributed by atoms with Gasteiger partial charge in [0.2, 0.25) is 5.91 Å². The molecule has 3 aliphatic heterocycles. The number of fused-ring (bicyclic) bond motifs is 2. The van der Waals surface area contributed by atoms with E-state index >= 15 is 0 Å². The topological polar surface area (TPSA) is 61.4 Å². The zero-order valence-corrected chi connectivity index (χ0v) is 11.8. The van der Waals surface area contributed by atoms with Gasteiger partial charge in [0, 0.05) is 38.2 Å². The van der Waals surface area contributed by atoms with Crippen LogP contribution in [0.2, 0.25) is 0 Å². The molecule has 21 heavy (non-hydrogen) atoms. The third-order valence-electron chi connectivity index (χ3n) is 4.99. The Hall–Kier alpha value is -1.88. The van der Waals surface area contributed by atoms with Crippen LogP contribution in [0.4, 0.5) is 0 Å². The summed E-state index contributed by atoms with van der Waals surface area (Å²) in [6, 6.07) is 7.13. The summed E-state index contributed by atoms with van der Waals surface area (Å²) >= 11 is 0. The first-order valence-corrected chi connectivity index (χ1v) is 7.60. The molecule has 0 spiro atoms. The Labute approximate surface area is 123 Å². The highest BCUT2D eigenvalue weighted by Crippen LogP contribution is 2.27. The summed E-state index contributed by atoms with van der Waals surface area (Å²) in [6.07, 6.45) is 0.602. The lowest BCUT2D eigenvalue weighted by molar-refractivity contribution is -0.132. The van der Waals surface area contributed by atoms with E-state index in [0.29, 0.717) is 23.8 Å². The van der Waals surface area contributed by atoms with Gasteiger partial charge in [-0.1, -0.05) is 18.2 Å². The van der Waals surface area contributed by atoms with Crippen molar-refractivity contribution in [2.45, 2.75) is 12.5 Å². The molecule has 0 bridgehead atoms. The van der Waals surface area contributed by atoms with Crippen molar-refractivity contribution in [2.24, 2.45) is 11.8 Å². The third-order valence-corrected chi connectivity index (χ3v) is 4.99. The quantitative estimate of drug-likeness (QED) is 0.764. The second-order valence-electron chi connectivity index (χ2n) is 6.31. The molecule has 0 aromatic heterocycles. The number of benzene rings is 1. The molecule has 2 saturated heterocycles. The van der Waals surface area contributed by atoms with Crippen LogP contribution < -0.4 is 10.6 Å². The fourth-order valence-corrected chi connectivity index (χ4v) is 3.83. The summed E-state index contributed by atoms with van der Waals surface area (Å²) in [5.41, 5.74) is 1.67. The van der Waals surface area contributed by atoms with Crippen molar-refractivity contribution < 1.29 is 9.59 Å². The van der Waals surface area contributed by atoms with Crippen LogP contribution in [0, 0.1) is 11.8 Å². The minimum Gasteiger partial charge on any atom is -0.340 e. The highest BCUT2D eigenvalue weighted by molar-refractivity contribution is 6.00. The van der Waals surface area contributed by atoms with Gasteiger partial charge in [0.05, 0.1) is 0 Å². The molecule has 110 valence electrons. The number of nitrogens with one attached hydrogen (secondary N) is 2. The fraction of sp³-hybridized carbons (Fsp3) is 0.500. The molecule has 2 amide bonds. The third kappa shape index (κ3) is 2.12. The Morgan fingerprint density at radius 2 is 1.86 bits per heavy atom. The van der Waals surface area contributed by atoms with Crippen LogP contribution in [0.15, 0.2) is 24.3 Å². The van der Waals surface area contributed by atoms with E-state index in [4.69, 9.17) is 0 Å². The first-order chi connectivity index (χ1) is 10.2. The highest BCUT2D eigenvalue weighted by Gasteiger charge is 2.41. The lowest BCUT2D eigenvalue weighted by atomic mass is 9.94. The summed E-state index contributed by atoms with van der Waals surface area (Å²) in [5, 5.41) is 6.24. The molecule has 5 heteroatoms. The normalized spacial score (nSPS) is 30.8. The standard InChI is InChI=1S/C16H19N3O2/c20-15-13-4-2-1-3-10(13)5-14(18-15)16(21)19-8-11-6-17-7-12(11)9-19/h1-4,11-12,14,17H,5-9H2,(H,18,20)/t11-,12+,14-/m1/s1. The van der Waals surface area contributed by atoms with Crippen LogP contribution in [0.1, 0.15) is 15.9 Å². The minimum atomic E-state index is -0.404. The molecule has 1 aromatic rings. The van der Waals surface area contributed by atoms with Gasteiger partial charge in [0.15, 0.2) is 0 Å². The smallest absolute Gasteiger partial charge is 0.252 e. The van der Waals surface area contributed by atoms with E-state index in [1.807, 2.05) is 29.2 Å². The molecule has 4 rings (SSSR count). The molecular weight excluding hydrogens is 266 g/mol. The molecule has 0 unspecified atom stereocenters. The van der Waals surface area contributed by atoms with Gasteiger partial charge in [-0.2, -0.15) is 0 Å². The molecule has 2 fully saturated rings. The molecule has 0 radical (unpaired) electrons. The van der Waals surface area contributed by atoms with Gasteiger partial charge < -0.3 is 15.5 Å². The van der Waals surface area contributed by atoms with Crippen LogP contribution in [-0.2, 0) is 11.2 Å². The number of amides is 2. The summed E-state index contributed by atoms with van der Waals surface area (Å²) in [4.78, 5) is 26.7. The summed E-state index contributed by atoms with van der Waals surface area (Å²) < 4.78 is 0. The molecule has 0 saturated carbocycles. The van der Waals surface area contributed by atoms with E-state index in [-0.39, 0.29) is 11.8 Å². The average Bonchev–Trinajstić information content (AvgIpc) is 3.07. The number of hydrogen-bond acceptors (Lipinski definition) is 3. The van der Waals surface area contributed by atoms with E-state index < -0.39 is 6.04 Å². The van der Waals surface area contributed by atoms with Gasteiger partial charge in [-0.05, 0) is 23.5 Å².